The Hall–Kier alpha value is -1.80. The largest absolute Gasteiger partial charge is 0.346 e. The molecule has 0 unspecified atom stereocenters. The molecule has 3 N–H and O–H groups in total. The lowest BCUT2D eigenvalue weighted by Crippen LogP contribution is -2.23. The van der Waals surface area contributed by atoms with Gasteiger partial charge in [0, 0.05) is 23.1 Å². The fourth-order valence-electron chi connectivity index (χ4n) is 1.59. The van der Waals surface area contributed by atoms with E-state index in [0.29, 0.717) is 18.7 Å². The maximum atomic E-state index is 13.5. The number of carbonyl (C=O) groups is 1. The molecular weight excluding hydrogens is 329 g/mol. The molecule has 106 valence electrons. The molecule has 1 heterocycles. The zero-order valence-electron chi connectivity index (χ0n) is 10.5. The van der Waals surface area contributed by atoms with Crippen LogP contribution in [0.5, 0.6) is 0 Å². The Labute approximate surface area is 123 Å². The van der Waals surface area contributed by atoms with Gasteiger partial charge in [-0.15, -0.1) is 5.10 Å². The molecule has 0 spiro atoms. The second kappa shape index (κ2) is 6.58. The van der Waals surface area contributed by atoms with Crippen molar-refractivity contribution in [1.82, 2.24) is 20.3 Å². The number of nitrogens with zero attached hydrogens (tertiary/aromatic N) is 3. The molecule has 20 heavy (non-hydrogen) atoms. The minimum absolute atomic E-state index is 0.0772. The minimum atomic E-state index is -0.410. The van der Waals surface area contributed by atoms with Crippen molar-refractivity contribution in [3.05, 3.63) is 45.9 Å². The topological polar surface area (TPSA) is 85.8 Å². The molecule has 0 radical (unpaired) electrons. The Morgan fingerprint density at radius 2 is 2.30 bits per heavy atom. The predicted molar refractivity (Wildman–Crippen MR) is 74.3 cm³/mol. The Morgan fingerprint density at radius 3 is 3.05 bits per heavy atom. The molecule has 8 heteroatoms. The third kappa shape index (κ3) is 3.61. The molecule has 0 saturated heterocycles. The quantitative estimate of drug-likeness (QED) is 0.851. The summed E-state index contributed by atoms with van der Waals surface area (Å²) in [6.07, 6.45) is 1.50. The summed E-state index contributed by atoms with van der Waals surface area (Å²) < 4.78 is 15.7. The van der Waals surface area contributed by atoms with Gasteiger partial charge in [0.15, 0.2) is 5.69 Å². The molecule has 0 aliphatic carbocycles. The van der Waals surface area contributed by atoms with Gasteiger partial charge in [-0.2, -0.15) is 0 Å². The van der Waals surface area contributed by atoms with E-state index in [4.69, 9.17) is 5.73 Å². The maximum Gasteiger partial charge on any atom is 0.273 e. The first-order valence-corrected chi connectivity index (χ1v) is 6.72. The Morgan fingerprint density at radius 1 is 1.50 bits per heavy atom. The van der Waals surface area contributed by atoms with Gasteiger partial charge in [0.25, 0.3) is 5.91 Å². The van der Waals surface area contributed by atoms with Crippen molar-refractivity contribution in [1.29, 1.82) is 0 Å². The molecule has 0 aliphatic rings. The molecule has 1 aromatic carbocycles. The molecule has 2 aromatic rings. The van der Waals surface area contributed by atoms with Crippen molar-refractivity contribution in [3.63, 3.8) is 0 Å². The summed E-state index contributed by atoms with van der Waals surface area (Å²) in [4.78, 5) is 11.8. The Kier molecular flexibility index (Phi) is 4.80. The van der Waals surface area contributed by atoms with Gasteiger partial charge < -0.3 is 11.1 Å². The predicted octanol–water partition coefficient (Wildman–Crippen LogP) is 1.07. The van der Waals surface area contributed by atoms with Gasteiger partial charge in [0.1, 0.15) is 5.82 Å². The minimum Gasteiger partial charge on any atom is -0.346 e. The first kappa shape index (κ1) is 14.6. The van der Waals surface area contributed by atoms with Gasteiger partial charge in [-0.3, -0.25) is 9.48 Å². The number of halogens is 2. The van der Waals surface area contributed by atoms with Crippen molar-refractivity contribution in [2.24, 2.45) is 5.73 Å². The summed E-state index contributed by atoms with van der Waals surface area (Å²) in [5, 5.41) is 10.1. The van der Waals surface area contributed by atoms with Crippen LogP contribution in [0.15, 0.2) is 28.9 Å². The SMILES string of the molecule is NCCn1cc(C(=O)NCc2cc(Br)ccc2F)nn1. The zero-order chi connectivity index (χ0) is 14.5. The third-order valence-corrected chi connectivity index (χ3v) is 3.07. The summed E-state index contributed by atoms with van der Waals surface area (Å²) >= 11 is 3.25. The van der Waals surface area contributed by atoms with E-state index in [9.17, 15) is 9.18 Å². The highest BCUT2D eigenvalue weighted by atomic mass is 79.9. The number of nitrogens with one attached hydrogen (secondary N) is 1. The highest BCUT2D eigenvalue weighted by Gasteiger charge is 2.11. The lowest BCUT2D eigenvalue weighted by molar-refractivity contribution is 0.0945. The number of hydrogen-bond acceptors (Lipinski definition) is 4. The van der Waals surface area contributed by atoms with Crippen LogP contribution in [0, 0.1) is 5.82 Å². The van der Waals surface area contributed by atoms with E-state index in [1.807, 2.05) is 0 Å². The highest BCUT2D eigenvalue weighted by Crippen LogP contribution is 2.15. The molecule has 0 saturated carbocycles. The average molecular weight is 342 g/mol. The summed E-state index contributed by atoms with van der Waals surface area (Å²) in [6, 6.07) is 4.54. The van der Waals surface area contributed by atoms with Gasteiger partial charge in [-0.05, 0) is 18.2 Å². The molecule has 6 nitrogen and oxygen atoms in total. The van der Waals surface area contributed by atoms with Crippen LogP contribution in [0.1, 0.15) is 16.1 Å². The second-order valence-corrected chi connectivity index (χ2v) is 4.99. The van der Waals surface area contributed by atoms with Crippen LogP contribution in [0.25, 0.3) is 0 Å². The van der Waals surface area contributed by atoms with Gasteiger partial charge in [0.05, 0.1) is 12.7 Å². The van der Waals surface area contributed by atoms with Crippen LogP contribution >= 0.6 is 15.9 Å². The van der Waals surface area contributed by atoms with E-state index in [-0.39, 0.29) is 18.1 Å². The van der Waals surface area contributed by atoms with E-state index in [2.05, 4.69) is 31.6 Å². The van der Waals surface area contributed by atoms with E-state index < -0.39 is 5.91 Å². The van der Waals surface area contributed by atoms with E-state index in [0.717, 1.165) is 4.47 Å². The Balaban J connectivity index is 1.99. The van der Waals surface area contributed by atoms with Crippen LogP contribution < -0.4 is 11.1 Å². The summed E-state index contributed by atoms with van der Waals surface area (Å²) in [6.45, 7) is 0.974. The number of aromatic nitrogens is 3. The lowest BCUT2D eigenvalue weighted by Gasteiger charge is -2.05. The van der Waals surface area contributed by atoms with Crippen molar-refractivity contribution in [2.45, 2.75) is 13.1 Å². The van der Waals surface area contributed by atoms with Crippen molar-refractivity contribution >= 4 is 21.8 Å². The molecular formula is C12H13BrFN5O. The van der Waals surface area contributed by atoms with Gasteiger partial charge in [-0.25, -0.2) is 4.39 Å². The third-order valence-electron chi connectivity index (χ3n) is 2.58. The van der Waals surface area contributed by atoms with Crippen molar-refractivity contribution < 1.29 is 9.18 Å². The number of benzene rings is 1. The number of carbonyl (C=O) groups excluding carboxylic acids is 1. The Bertz CT molecular complexity index is 616. The molecule has 2 rings (SSSR count). The molecule has 1 amide bonds. The maximum absolute atomic E-state index is 13.5. The standard InChI is InChI=1S/C12H13BrFN5O/c13-9-1-2-10(14)8(5-9)6-16-12(20)11-7-19(4-3-15)18-17-11/h1-2,5,7H,3-4,6,15H2,(H,16,20). The fraction of sp³-hybridized carbons (Fsp3) is 0.250. The fourth-order valence-corrected chi connectivity index (χ4v) is 2.00. The van der Waals surface area contributed by atoms with Crippen LogP contribution in [-0.2, 0) is 13.1 Å². The number of amides is 1. The summed E-state index contributed by atoms with van der Waals surface area (Å²) in [7, 11) is 0. The van der Waals surface area contributed by atoms with Gasteiger partial charge >= 0.3 is 0 Å². The van der Waals surface area contributed by atoms with Gasteiger partial charge in [-0.1, -0.05) is 21.1 Å². The number of rotatable bonds is 5. The normalized spacial score (nSPS) is 10.6. The molecule has 0 bridgehead atoms. The first-order valence-electron chi connectivity index (χ1n) is 5.92. The summed E-state index contributed by atoms with van der Waals surface area (Å²) in [5.41, 5.74) is 5.94. The second-order valence-electron chi connectivity index (χ2n) is 4.07. The van der Waals surface area contributed by atoms with E-state index in [1.165, 1.54) is 16.9 Å². The van der Waals surface area contributed by atoms with Crippen LogP contribution in [0.2, 0.25) is 0 Å². The van der Waals surface area contributed by atoms with E-state index >= 15 is 0 Å². The number of nitrogens with two attached hydrogens (primary N) is 1. The monoisotopic (exact) mass is 341 g/mol. The highest BCUT2D eigenvalue weighted by molar-refractivity contribution is 9.10. The van der Waals surface area contributed by atoms with Crippen molar-refractivity contribution in [3.8, 4) is 0 Å². The first-order chi connectivity index (χ1) is 9.60. The molecule has 0 aliphatic heterocycles. The lowest BCUT2D eigenvalue weighted by atomic mass is 10.2. The summed E-state index contributed by atoms with van der Waals surface area (Å²) in [5.74, 6) is -0.784. The van der Waals surface area contributed by atoms with Crippen molar-refractivity contribution in [2.75, 3.05) is 6.54 Å². The zero-order valence-corrected chi connectivity index (χ0v) is 12.1. The van der Waals surface area contributed by atoms with Crippen LogP contribution in [-0.4, -0.2) is 27.4 Å². The van der Waals surface area contributed by atoms with Crippen LogP contribution in [0.4, 0.5) is 4.39 Å². The smallest absolute Gasteiger partial charge is 0.273 e. The molecule has 0 atom stereocenters. The van der Waals surface area contributed by atoms with Crippen LogP contribution in [0.3, 0.4) is 0 Å². The van der Waals surface area contributed by atoms with E-state index in [1.54, 1.807) is 12.1 Å². The molecule has 0 fully saturated rings. The van der Waals surface area contributed by atoms with Gasteiger partial charge in [0.2, 0.25) is 0 Å². The number of hydrogen-bond donors (Lipinski definition) is 2. The average Bonchev–Trinajstić information content (AvgIpc) is 2.88. The molecule has 1 aromatic heterocycles.